The zero-order valence-electron chi connectivity index (χ0n) is 9.70. The molecule has 0 atom stereocenters. The number of amides is 2. The van der Waals surface area contributed by atoms with Gasteiger partial charge in [-0.05, 0) is 32.4 Å². The van der Waals surface area contributed by atoms with Crippen LogP contribution in [0.25, 0.3) is 0 Å². The molecule has 0 aliphatic heterocycles. The molecule has 1 aromatic carbocycles. The van der Waals surface area contributed by atoms with E-state index >= 15 is 0 Å². The molecule has 0 unspecified atom stereocenters. The predicted molar refractivity (Wildman–Crippen MR) is 63.9 cm³/mol. The summed E-state index contributed by atoms with van der Waals surface area (Å²) in [7, 11) is 0. The van der Waals surface area contributed by atoms with Gasteiger partial charge in [0.15, 0.2) is 0 Å². The molecular formula is C12H16N2O2. The van der Waals surface area contributed by atoms with Gasteiger partial charge < -0.3 is 10.6 Å². The number of urea groups is 1. The van der Waals surface area contributed by atoms with Crippen LogP contribution in [0, 0.1) is 6.92 Å². The molecule has 86 valence electrons. The van der Waals surface area contributed by atoms with Crippen LogP contribution in [0.3, 0.4) is 0 Å². The Balaban J connectivity index is 2.81. The summed E-state index contributed by atoms with van der Waals surface area (Å²) in [5.74, 6) is 0. The molecule has 4 nitrogen and oxygen atoms in total. The second-order valence-corrected chi connectivity index (χ2v) is 3.89. The van der Waals surface area contributed by atoms with Crippen LogP contribution in [0.15, 0.2) is 18.2 Å². The summed E-state index contributed by atoms with van der Waals surface area (Å²) < 4.78 is 0. The first-order valence-electron chi connectivity index (χ1n) is 5.17. The molecule has 0 fully saturated rings. The average Bonchev–Trinajstić information content (AvgIpc) is 2.20. The molecule has 0 saturated carbocycles. The Bertz CT molecular complexity index is 400. The lowest BCUT2D eigenvalue weighted by Crippen LogP contribution is -2.34. The zero-order valence-corrected chi connectivity index (χ0v) is 9.70. The van der Waals surface area contributed by atoms with E-state index in [4.69, 9.17) is 0 Å². The fourth-order valence-electron chi connectivity index (χ4n) is 1.34. The highest BCUT2D eigenvalue weighted by molar-refractivity contribution is 5.92. The largest absolute Gasteiger partial charge is 0.336 e. The minimum Gasteiger partial charge on any atom is -0.336 e. The van der Waals surface area contributed by atoms with Gasteiger partial charge in [0.1, 0.15) is 6.29 Å². The summed E-state index contributed by atoms with van der Waals surface area (Å²) in [6, 6.07) is 5.04. The maximum absolute atomic E-state index is 11.5. The maximum atomic E-state index is 11.5. The van der Waals surface area contributed by atoms with Gasteiger partial charge in [-0.25, -0.2) is 4.79 Å². The smallest absolute Gasteiger partial charge is 0.319 e. The van der Waals surface area contributed by atoms with Crippen molar-refractivity contribution in [1.82, 2.24) is 5.32 Å². The Morgan fingerprint density at radius 1 is 1.38 bits per heavy atom. The van der Waals surface area contributed by atoms with Crippen molar-refractivity contribution in [3.8, 4) is 0 Å². The van der Waals surface area contributed by atoms with Gasteiger partial charge in [-0.15, -0.1) is 0 Å². The summed E-state index contributed by atoms with van der Waals surface area (Å²) in [6.07, 6.45) is 0.779. The van der Waals surface area contributed by atoms with Crippen LogP contribution in [0.4, 0.5) is 10.5 Å². The number of carbonyl (C=O) groups excluding carboxylic acids is 2. The van der Waals surface area contributed by atoms with Crippen LogP contribution < -0.4 is 10.6 Å². The summed E-state index contributed by atoms with van der Waals surface area (Å²) in [4.78, 5) is 22.2. The quantitative estimate of drug-likeness (QED) is 0.768. The van der Waals surface area contributed by atoms with E-state index in [9.17, 15) is 9.59 Å². The Hall–Kier alpha value is -1.84. The second kappa shape index (κ2) is 5.30. The molecule has 16 heavy (non-hydrogen) atoms. The number of rotatable bonds is 3. The molecule has 0 heterocycles. The number of nitrogens with one attached hydrogen (secondary N) is 2. The first-order valence-corrected chi connectivity index (χ1v) is 5.17. The summed E-state index contributed by atoms with van der Waals surface area (Å²) in [5.41, 5.74) is 2.02. The monoisotopic (exact) mass is 220 g/mol. The van der Waals surface area contributed by atoms with Crippen LogP contribution in [-0.4, -0.2) is 18.4 Å². The summed E-state index contributed by atoms with van der Waals surface area (Å²) in [5, 5.41) is 5.42. The molecule has 4 heteroatoms. The van der Waals surface area contributed by atoms with Crippen LogP contribution in [0.2, 0.25) is 0 Å². The van der Waals surface area contributed by atoms with Crippen LogP contribution in [-0.2, 0) is 0 Å². The summed E-state index contributed by atoms with van der Waals surface area (Å²) in [6.45, 7) is 5.57. The van der Waals surface area contributed by atoms with Crippen molar-refractivity contribution >= 4 is 18.0 Å². The van der Waals surface area contributed by atoms with Gasteiger partial charge in [-0.3, -0.25) is 4.79 Å². The number of hydrogen-bond donors (Lipinski definition) is 2. The van der Waals surface area contributed by atoms with Crippen molar-refractivity contribution in [2.45, 2.75) is 26.8 Å². The summed E-state index contributed by atoms with van der Waals surface area (Å²) >= 11 is 0. The fraction of sp³-hybridized carbons (Fsp3) is 0.333. The highest BCUT2D eigenvalue weighted by atomic mass is 16.2. The third kappa shape index (κ3) is 3.08. The lowest BCUT2D eigenvalue weighted by molar-refractivity contribution is 0.112. The third-order valence-corrected chi connectivity index (χ3v) is 2.17. The van der Waals surface area contributed by atoms with E-state index in [-0.39, 0.29) is 12.1 Å². The average molecular weight is 220 g/mol. The molecule has 0 saturated heterocycles. The lowest BCUT2D eigenvalue weighted by atomic mass is 10.1. The Labute approximate surface area is 95.0 Å². The van der Waals surface area contributed by atoms with E-state index in [0.29, 0.717) is 11.3 Å². The van der Waals surface area contributed by atoms with E-state index in [0.717, 1.165) is 11.8 Å². The standard InChI is InChI=1S/C12H16N2O2/c1-8(2)13-12(16)14-11-6-4-5-10(7-15)9(11)3/h4-8H,1-3H3,(H2,13,14,16). The number of anilines is 1. The topological polar surface area (TPSA) is 58.2 Å². The second-order valence-electron chi connectivity index (χ2n) is 3.89. The normalized spacial score (nSPS) is 10.0. The van der Waals surface area contributed by atoms with Crippen LogP contribution in [0.5, 0.6) is 0 Å². The molecule has 0 aliphatic rings. The Kier molecular flexibility index (Phi) is 4.05. The maximum Gasteiger partial charge on any atom is 0.319 e. The molecule has 1 rings (SSSR count). The van der Waals surface area contributed by atoms with Gasteiger partial charge in [-0.2, -0.15) is 0 Å². The Morgan fingerprint density at radius 3 is 2.62 bits per heavy atom. The molecule has 0 aromatic heterocycles. The molecule has 1 aromatic rings. The van der Waals surface area contributed by atoms with Crippen molar-refractivity contribution < 1.29 is 9.59 Å². The molecule has 0 bridgehead atoms. The number of carbonyl (C=O) groups is 2. The first-order chi connectivity index (χ1) is 7.54. The van der Waals surface area contributed by atoms with Gasteiger partial charge in [0, 0.05) is 17.3 Å². The minimum absolute atomic E-state index is 0.0783. The van der Waals surface area contributed by atoms with Crippen molar-refractivity contribution in [2.24, 2.45) is 0 Å². The Morgan fingerprint density at radius 2 is 2.06 bits per heavy atom. The molecule has 2 amide bonds. The lowest BCUT2D eigenvalue weighted by Gasteiger charge is -2.12. The number of hydrogen-bond acceptors (Lipinski definition) is 2. The van der Waals surface area contributed by atoms with Crippen LogP contribution in [0.1, 0.15) is 29.8 Å². The SMILES string of the molecule is Cc1c(C=O)cccc1NC(=O)NC(C)C. The molecule has 0 aliphatic carbocycles. The highest BCUT2D eigenvalue weighted by Gasteiger charge is 2.07. The van der Waals surface area contributed by atoms with Crippen molar-refractivity contribution in [1.29, 1.82) is 0 Å². The predicted octanol–water partition coefficient (Wildman–Crippen LogP) is 2.34. The van der Waals surface area contributed by atoms with Crippen molar-refractivity contribution in [2.75, 3.05) is 5.32 Å². The van der Waals surface area contributed by atoms with Gasteiger partial charge in [0.25, 0.3) is 0 Å². The zero-order chi connectivity index (χ0) is 12.1. The van der Waals surface area contributed by atoms with Crippen molar-refractivity contribution in [3.05, 3.63) is 29.3 Å². The van der Waals surface area contributed by atoms with E-state index in [1.54, 1.807) is 25.1 Å². The third-order valence-electron chi connectivity index (χ3n) is 2.17. The van der Waals surface area contributed by atoms with Gasteiger partial charge >= 0.3 is 6.03 Å². The molecule has 0 radical (unpaired) electrons. The first kappa shape index (κ1) is 12.2. The molecular weight excluding hydrogens is 204 g/mol. The van der Waals surface area contributed by atoms with Crippen molar-refractivity contribution in [3.63, 3.8) is 0 Å². The van der Waals surface area contributed by atoms with Gasteiger partial charge in [0.2, 0.25) is 0 Å². The molecule has 2 N–H and O–H groups in total. The van der Waals surface area contributed by atoms with Crippen LogP contribution >= 0.6 is 0 Å². The van der Waals surface area contributed by atoms with E-state index in [1.807, 2.05) is 13.8 Å². The highest BCUT2D eigenvalue weighted by Crippen LogP contribution is 2.17. The fourth-order valence-corrected chi connectivity index (χ4v) is 1.34. The van der Waals surface area contributed by atoms with E-state index in [2.05, 4.69) is 10.6 Å². The van der Waals surface area contributed by atoms with Gasteiger partial charge in [-0.1, -0.05) is 12.1 Å². The van der Waals surface area contributed by atoms with Gasteiger partial charge in [0.05, 0.1) is 0 Å². The molecule has 0 spiro atoms. The van der Waals surface area contributed by atoms with E-state index < -0.39 is 0 Å². The minimum atomic E-state index is -0.263. The van der Waals surface area contributed by atoms with E-state index in [1.165, 1.54) is 0 Å². The number of aldehydes is 1. The number of benzene rings is 1.